The van der Waals surface area contributed by atoms with Crippen molar-refractivity contribution >= 4 is 23.2 Å². The molecule has 3 aromatic rings. The lowest BCUT2D eigenvalue weighted by Crippen LogP contribution is -2.53. The number of nitrogens with zero attached hydrogens (tertiary/aromatic N) is 3. The van der Waals surface area contributed by atoms with Crippen molar-refractivity contribution in [1.82, 2.24) is 4.90 Å². The molecule has 0 radical (unpaired) electrons. The number of thiophene rings is 1. The number of hydrogen-bond acceptors (Lipinski definition) is 5. The van der Waals surface area contributed by atoms with Crippen LogP contribution >= 0.6 is 11.3 Å². The Morgan fingerprint density at radius 3 is 2.47 bits per heavy atom. The highest BCUT2D eigenvalue weighted by molar-refractivity contribution is 7.10. The van der Waals surface area contributed by atoms with Gasteiger partial charge >= 0.3 is 0 Å². The molecular formula is C28H30N4OS. The summed E-state index contributed by atoms with van der Waals surface area (Å²) in [6.45, 7) is 10.9. The Balaban J connectivity index is 1.83. The van der Waals surface area contributed by atoms with Gasteiger partial charge in [0.15, 0.2) is 5.96 Å². The van der Waals surface area contributed by atoms with Crippen LogP contribution in [0.15, 0.2) is 65.0 Å². The third kappa shape index (κ3) is 4.12. The largest absolute Gasteiger partial charge is 0.369 e. The Bertz CT molecular complexity index is 1290. The first-order valence-corrected chi connectivity index (χ1v) is 12.3. The Kier molecular flexibility index (Phi) is 6.09. The molecule has 0 unspecified atom stereocenters. The fourth-order valence-electron chi connectivity index (χ4n) is 4.55. The van der Waals surface area contributed by atoms with E-state index in [0.717, 1.165) is 21.6 Å². The van der Waals surface area contributed by atoms with Crippen LogP contribution < -0.4 is 5.73 Å². The Morgan fingerprint density at radius 1 is 1.15 bits per heavy atom. The number of nitriles is 1. The quantitative estimate of drug-likeness (QED) is 0.526. The molecule has 0 aliphatic carbocycles. The van der Waals surface area contributed by atoms with Crippen molar-refractivity contribution in [2.75, 3.05) is 6.54 Å². The van der Waals surface area contributed by atoms with Gasteiger partial charge in [0.2, 0.25) is 5.91 Å². The summed E-state index contributed by atoms with van der Waals surface area (Å²) in [5.74, 6) is -0.285. The number of nitrogens with two attached hydrogens (primary N) is 1. The van der Waals surface area contributed by atoms with Crippen LogP contribution in [-0.4, -0.2) is 23.3 Å². The molecule has 0 fully saturated rings. The maximum Gasteiger partial charge on any atom is 0.239 e. The molecule has 174 valence electrons. The lowest BCUT2D eigenvalue weighted by atomic mass is 9.76. The van der Waals surface area contributed by atoms with E-state index < -0.39 is 11.5 Å². The number of guanidine groups is 1. The molecule has 0 saturated carbocycles. The van der Waals surface area contributed by atoms with E-state index in [9.17, 15) is 10.1 Å². The average Bonchev–Trinajstić information content (AvgIpc) is 3.30. The summed E-state index contributed by atoms with van der Waals surface area (Å²) in [7, 11) is 0. The fraction of sp³-hybridized carbons (Fsp3) is 0.321. The highest BCUT2D eigenvalue weighted by atomic mass is 32.1. The van der Waals surface area contributed by atoms with E-state index in [2.05, 4.69) is 62.6 Å². The maximum absolute atomic E-state index is 13.7. The number of benzene rings is 2. The van der Waals surface area contributed by atoms with Gasteiger partial charge in [0.05, 0.1) is 17.6 Å². The normalized spacial score (nSPS) is 20.7. The first kappa shape index (κ1) is 23.7. The summed E-state index contributed by atoms with van der Waals surface area (Å²) in [4.78, 5) is 21.2. The van der Waals surface area contributed by atoms with Gasteiger partial charge in [0.25, 0.3) is 0 Å². The molecule has 2 atom stereocenters. The van der Waals surface area contributed by atoms with Crippen molar-refractivity contribution in [3.63, 3.8) is 0 Å². The second kappa shape index (κ2) is 8.73. The maximum atomic E-state index is 13.7. The standard InChI is InChI=1S/C28H30N4OS/c1-6-32-25(33)24(19-10-12-22(13-11-19)27(2,3)4)28(5,31-26(32)30)23-15-21(17-34-23)20-9-7-8-18(14-20)16-29/h7-15,17,24H,6H2,1-5H3,(H2,30,31)/t24-,28+/m0/s1. The third-order valence-electron chi connectivity index (χ3n) is 6.55. The summed E-state index contributed by atoms with van der Waals surface area (Å²) in [5, 5.41) is 11.3. The Labute approximate surface area is 205 Å². The second-order valence-electron chi connectivity index (χ2n) is 9.90. The molecule has 2 aromatic carbocycles. The summed E-state index contributed by atoms with van der Waals surface area (Å²) >= 11 is 1.57. The van der Waals surface area contributed by atoms with Crippen LogP contribution in [0.3, 0.4) is 0 Å². The molecule has 0 bridgehead atoms. The molecule has 34 heavy (non-hydrogen) atoms. The molecule has 0 spiro atoms. The number of likely N-dealkylation sites (N-methyl/N-ethyl adjacent to an activating group) is 1. The van der Waals surface area contributed by atoms with Crippen molar-refractivity contribution < 1.29 is 4.79 Å². The third-order valence-corrected chi connectivity index (χ3v) is 7.70. The molecule has 5 nitrogen and oxygen atoms in total. The van der Waals surface area contributed by atoms with Crippen LogP contribution in [0, 0.1) is 11.3 Å². The van der Waals surface area contributed by atoms with Gasteiger partial charge in [-0.3, -0.25) is 9.69 Å². The van der Waals surface area contributed by atoms with Crippen LogP contribution in [-0.2, 0) is 15.7 Å². The fourth-order valence-corrected chi connectivity index (χ4v) is 5.61. The van der Waals surface area contributed by atoms with Crippen LogP contribution in [0.2, 0.25) is 0 Å². The Hall–Kier alpha value is -3.43. The molecular weight excluding hydrogens is 440 g/mol. The predicted octanol–water partition coefficient (Wildman–Crippen LogP) is 5.76. The van der Waals surface area contributed by atoms with E-state index in [4.69, 9.17) is 10.7 Å². The number of carbonyl (C=O) groups is 1. The molecule has 6 heteroatoms. The molecule has 2 heterocycles. The zero-order chi connectivity index (χ0) is 24.7. The van der Waals surface area contributed by atoms with Crippen LogP contribution in [0.25, 0.3) is 11.1 Å². The molecule has 1 aromatic heterocycles. The van der Waals surface area contributed by atoms with Gasteiger partial charge in [-0.15, -0.1) is 11.3 Å². The summed E-state index contributed by atoms with van der Waals surface area (Å²) in [6.07, 6.45) is 0. The van der Waals surface area contributed by atoms with E-state index >= 15 is 0 Å². The molecule has 1 amide bonds. The van der Waals surface area contributed by atoms with Crippen molar-refractivity contribution in [3.8, 4) is 17.2 Å². The SMILES string of the molecule is CCN1C(=O)[C@H](c2ccc(C(C)(C)C)cc2)[C@@](C)(c2cc(-c3cccc(C#N)c3)cs2)N=C1N. The predicted molar refractivity (Wildman–Crippen MR) is 139 cm³/mol. The smallest absolute Gasteiger partial charge is 0.239 e. The minimum absolute atomic E-state index is 0.0249. The van der Waals surface area contributed by atoms with Gasteiger partial charge in [0.1, 0.15) is 5.54 Å². The van der Waals surface area contributed by atoms with Gasteiger partial charge in [-0.25, -0.2) is 4.99 Å². The molecule has 4 rings (SSSR count). The van der Waals surface area contributed by atoms with E-state index in [1.54, 1.807) is 22.3 Å². The van der Waals surface area contributed by atoms with Crippen molar-refractivity contribution in [1.29, 1.82) is 5.26 Å². The highest BCUT2D eigenvalue weighted by Crippen LogP contribution is 2.47. The Morgan fingerprint density at radius 2 is 1.85 bits per heavy atom. The van der Waals surface area contributed by atoms with Crippen LogP contribution in [0.1, 0.15) is 62.1 Å². The van der Waals surface area contributed by atoms with E-state index in [1.807, 2.05) is 32.0 Å². The van der Waals surface area contributed by atoms with Crippen molar-refractivity contribution in [3.05, 3.63) is 81.5 Å². The van der Waals surface area contributed by atoms with Crippen molar-refractivity contribution in [2.24, 2.45) is 10.7 Å². The molecule has 2 N–H and O–H groups in total. The number of carbonyl (C=O) groups excluding carboxylic acids is 1. The van der Waals surface area contributed by atoms with Gasteiger partial charge in [-0.05, 0) is 65.1 Å². The lowest BCUT2D eigenvalue weighted by molar-refractivity contribution is -0.131. The number of aliphatic imine (C=N–C) groups is 1. The van der Waals surface area contributed by atoms with E-state index in [0.29, 0.717) is 12.1 Å². The summed E-state index contributed by atoms with van der Waals surface area (Å²) in [5.41, 5.74) is 10.2. The molecule has 0 saturated heterocycles. The summed E-state index contributed by atoms with van der Waals surface area (Å²) in [6, 6.07) is 20.1. The van der Waals surface area contributed by atoms with Gasteiger partial charge < -0.3 is 5.73 Å². The summed E-state index contributed by atoms with van der Waals surface area (Å²) < 4.78 is 0. The molecule has 1 aliphatic heterocycles. The van der Waals surface area contributed by atoms with Gasteiger partial charge in [-0.1, -0.05) is 57.2 Å². The van der Waals surface area contributed by atoms with Crippen molar-refractivity contribution in [2.45, 2.75) is 51.5 Å². The second-order valence-corrected chi connectivity index (χ2v) is 10.8. The van der Waals surface area contributed by atoms with Gasteiger partial charge in [-0.2, -0.15) is 5.26 Å². The van der Waals surface area contributed by atoms with Gasteiger partial charge in [0, 0.05) is 11.4 Å². The first-order valence-electron chi connectivity index (χ1n) is 11.4. The van der Waals surface area contributed by atoms with E-state index in [-0.39, 0.29) is 17.3 Å². The first-order chi connectivity index (χ1) is 16.1. The molecule has 1 aliphatic rings. The monoisotopic (exact) mass is 470 g/mol. The minimum Gasteiger partial charge on any atom is -0.369 e. The number of hydrogen-bond donors (Lipinski definition) is 1. The highest BCUT2D eigenvalue weighted by Gasteiger charge is 2.48. The van der Waals surface area contributed by atoms with Crippen LogP contribution in [0.4, 0.5) is 0 Å². The number of rotatable bonds is 4. The van der Waals surface area contributed by atoms with Crippen LogP contribution in [0.5, 0.6) is 0 Å². The number of amides is 1. The van der Waals surface area contributed by atoms with E-state index in [1.165, 1.54) is 5.56 Å². The average molecular weight is 471 g/mol. The minimum atomic E-state index is -0.841. The lowest BCUT2D eigenvalue weighted by Gasteiger charge is -2.41. The zero-order valence-electron chi connectivity index (χ0n) is 20.3. The zero-order valence-corrected chi connectivity index (χ0v) is 21.1. The topological polar surface area (TPSA) is 82.5 Å².